The van der Waals surface area contributed by atoms with Crippen LogP contribution in [-0.4, -0.2) is 5.88 Å². The number of rotatable bonds is 5. The lowest BCUT2D eigenvalue weighted by molar-refractivity contribution is 0.441. The van der Waals surface area contributed by atoms with E-state index in [1.165, 1.54) is 31.2 Å². The quantitative estimate of drug-likeness (QED) is 0.669. The van der Waals surface area contributed by atoms with Crippen molar-refractivity contribution in [1.82, 2.24) is 0 Å². The van der Waals surface area contributed by atoms with Gasteiger partial charge in [0.1, 0.15) is 0 Å². The van der Waals surface area contributed by atoms with Gasteiger partial charge in [0, 0.05) is 5.88 Å². The topological polar surface area (TPSA) is 0 Å². The molecule has 0 radical (unpaired) electrons. The van der Waals surface area contributed by atoms with E-state index < -0.39 is 0 Å². The number of hydrogen-bond acceptors (Lipinski definition) is 0. The number of aryl methyl sites for hydroxylation is 2. The van der Waals surface area contributed by atoms with E-state index in [4.69, 9.17) is 11.6 Å². The summed E-state index contributed by atoms with van der Waals surface area (Å²) in [6.45, 7) is 4.56. The maximum Gasteiger partial charge on any atom is 0.0255 e. The highest BCUT2D eigenvalue weighted by Gasteiger charge is 2.14. The van der Waals surface area contributed by atoms with E-state index in [2.05, 4.69) is 32.0 Å². The van der Waals surface area contributed by atoms with E-state index in [0.717, 1.165) is 18.2 Å². The number of alkyl halides is 1. The molecule has 1 heteroatoms. The Morgan fingerprint density at radius 2 is 1.94 bits per heavy atom. The molecule has 1 aromatic rings. The Hall–Kier alpha value is -0.490. The zero-order valence-corrected chi connectivity index (χ0v) is 11.8. The fourth-order valence-electron chi connectivity index (χ4n) is 2.95. The lowest BCUT2D eigenvalue weighted by atomic mass is 9.91. The molecule has 94 valence electrons. The third-order valence-corrected chi connectivity index (χ3v) is 4.15. The van der Waals surface area contributed by atoms with E-state index in [0.29, 0.717) is 5.92 Å². The third-order valence-electron chi connectivity index (χ3n) is 3.71. The van der Waals surface area contributed by atoms with Crippen molar-refractivity contribution in [3.05, 3.63) is 34.9 Å². The molecule has 0 bridgehead atoms. The molecule has 0 heterocycles. The van der Waals surface area contributed by atoms with Crippen molar-refractivity contribution in [2.75, 3.05) is 5.88 Å². The molecule has 0 saturated carbocycles. The molecule has 2 rings (SSSR count). The minimum Gasteiger partial charge on any atom is -0.126 e. The van der Waals surface area contributed by atoms with Gasteiger partial charge >= 0.3 is 0 Å². The molecule has 1 unspecified atom stereocenters. The van der Waals surface area contributed by atoms with Crippen LogP contribution in [0.4, 0.5) is 0 Å². The van der Waals surface area contributed by atoms with Crippen molar-refractivity contribution in [1.29, 1.82) is 0 Å². The molecular weight excluding hydrogens is 228 g/mol. The lowest BCUT2D eigenvalue weighted by Gasteiger charge is -2.16. The second-order valence-electron chi connectivity index (χ2n) is 5.81. The summed E-state index contributed by atoms with van der Waals surface area (Å²) in [5.41, 5.74) is 4.64. The minimum absolute atomic E-state index is 0.635. The van der Waals surface area contributed by atoms with Gasteiger partial charge in [-0.3, -0.25) is 0 Å². The summed E-state index contributed by atoms with van der Waals surface area (Å²) < 4.78 is 0. The first-order valence-electron chi connectivity index (χ1n) is 6.85. The largest absolute Gasteiger partial charge is 0.126 e. The maximum atomic E-state index is 6.08. The van der Waals surface area contributed by atoms with Crippen LogP contribution in [0.25, 0.3) is 0 Å². The molecular formula is C16H23Cl. The van der Waals surface area contributed by atoms with E-state index in [-0.39, 0.29) is 0 Å². The Bertz CT molecular complexity index is 368. The average molecular weight is 251 g/mol. The van der Waals surface area contributed by atoms with Crippen molar-refractivity contribution in [3.63, 3.8) is 0 Å². The monoisotopic (exact) mass is 250 g/mol. The Labute approximate surface area is 110 Å². The zero-order chi connectivity index (χ0) is 12.3. The average Bonchev–Trinajstić information content (AvgIpc) is 2.74. The second-order valence-corrected chi connectivity index (χ2v) is 6.12. The zero-order valence-electron chi connectivity index (χ0n) is 11.0. The van der Waals surface area contributed by atoms with Crippen molar-refractivity contribution >= 4 is 11.6 Å². The Kier molecular flexibility index (Phi) is 4.50. The highest BCUT2D eigenvalue weighted by atomic mass is 35.5. The normalized spacial score (nSPS) is 16.2. The van der Waals surface area contributed by atoms with Gasteiger partial charge < -0.3 is 0 Å². The second kappa shape index (κ2) is 5.91. The first-order chi connectivity index (χ1) is 8.19. The summed E-state index contributed by atoms with van der Waals surface area (Å²) in [6, 6.07) is 7.06. The van der Waals surface area contributed by atoms with E-state index in [1.54, 1.807) is 11.1 Å². The third kappa shape index (κ3) is 3.48. The highest BCUT2D eigenvalue weighted by molar-refractivity contribution is 6.18. The maximum absolute atomic E-state index is 6.08. The molecule has 1 aliphatic rings. The summed E-state index contributed by atoms with van der Waals surface area (Å²) in [5, 5.41) is 0. The van der Waals surface area contributed by atoms with Crippen LogP contribution in [0.5, 0.6) is 0 Å². The van der Waals surface area contributed by atoms with Gasteiger partial charge in [0.2, 0.25) is 0 Å². The Morgan fingerprint density at radius 1 is 1.18 bits per heavy atom. The van der Waals surface area contributed by atoms with Crippen molar-refractivity contribution in [2.24, 2.45) is 11.8 Å². The van der Waals surface area contributed by atoms with Crippen LogP contribution >= 0.6 is 11.6 Å². The van der Waals surface area contributed by atoms with Gasteiger partial charge in [-0.1, -0.05) is 32.0 Å². The fourth-order valence-corrected chi connectivity index (χ4v) is 3.19. The standard InChI is InChI=1S/C16H23Cl/c1-12(2)8-14(11-17)9-13-6-7-15-4-3-5-16(15)10-13/h6-7,10,12,14H,3-5,8-9,11H2,1-2H3. The first-order valence-corrected chi connectivity index (χ1v) is 7.39. The fraction of sp³-hybridized carbons (Fsp3) is 0.625. The van der Waals surface area contributed by atoms with E-state index >= 15 is 0 Å². The molecule has 0 aromatic heterocycles. The molecule has 0 nitrogen and oxygen atoms in total. The molecule has 0 saturated heterocycles. The molecule has 0 aliphatic heterocycles. The highest BCUT2D eigenvalue weighted by Crippen LogP contribution is 2.25. The van der Waals surface area contributed by atoms with Gasteiger partial charge in [-0.05, 0) is 60.6 Å². The predicted octanol–water partition coefficient (Wildman–Crippen LogP) is 4.62. The van der Waals surface area contributed by atoms with E-state index in [1.807, 2.05) is 0 Å². The van der Waals surface area contributed by atoms with Gasteiger partial charge in [-0.25, -0.2) is 0 Å². The SMILES string of the molecule is CC(C)CC(CCl)Cc1ccc2c(c1)CCC2. The molecule has 1 aliphatic carbocycles. The molecule has 0 spiro atoms. The smallest absolute Gasteiger partial charge is 0.0255 e. The molecule has 17 heavy (non-hydrogen) atoms. The van der Waals surface area contributed by atoms with Crippen LogP contribution in [0, 0.1) is 11.8 Å². The van der Waals surface area contributed by atoms with Crippen LogP contribution in [-0.2, 0) is 19.3 Å². The molecule has 1 aromatic carbocycles. The summed E-state index contributed by atoms with van der Waals surface area (Å²) in [6.07, 6.45) is 6.28. The van der Waals surface area contributed by atoms with E-state index in [9.17, 15) is 0 Å². The van der Waals surface area contributed by atoms with Crippen LogP contribution in [0.1, 0.15) is 43.4 Å². The lowest BCUT2D eigenvalue weighted by Crippen LogP contribution is -2.10. The van der Waals surface area contributed by atoms with Gasteiger partial charge in [0.15, 0.2) is 0 Å². The number of benzene rings is 1. The van der Waals surface area contributed by atoms with Crippen molar-refractivity contribution < 1.29 is 0 Å². The number of halogens is 1. The molecule has 0 fully saturated rings. The Morgan fingerprint density at radius 3 is 2.65 bits per heavy atom. The van der Waals surface area contributed by atoms with Gasteiger partial charge in [-0.15, -0.1) is 11.6 Å². The van der Waals surface area contributed by atoms with Gasteiger partial charge in [0.25, 0.3) is 0 Å². The van der Waals surface area contributed by atoms with Crippen molar-refractivity contribution in [3.8, 4) is 0 Å². The van der Waals surface area contributed by atoms with Crippen LogP contribution < -0.4 is 0 Å². The number of fused-ring (bicyclic) bond motifs is 1. The minimum atomic E-state index is 0.635. The van der Waals surface area contributed by atoms with Crippen LogP contribution in [0.3, 0.4) is 0 Å². The molecule has 0 N–H and O–H groups in total. The first kappa shape index (κ1) is 13.0. The summed E-state index contributed by atoms with van der Waals surface area (Å²) >= 11 is 6.08. The summed E-state index contributed by atoms with van der Waals surface area (Å²) in [7, 11) is 0. The number of hydrogen-bond donors (Lipinski definition) is 0. The van der Waals surface area contributed by atoms with Crippen LogP contribution in [0.15, 0.2) is 18.2 Å². The summed E-state index contributed by atoms with van der Waals surface area (Å²) in [5.74, 6) is 2.17. The van der Waals surface area contributed by atoms with Gasteiger partial charge in [0.05, 0.1) is 0 Å². The predicted molar refractivity (Wildman–Crippen MR) is 75.8 cm³/mol. The molecule has 1 atom stereocenters. The van der Waals surface area contributed by atoms with Crippen molar-refractivity contribution in [2.45, 2.75) is 46.0 Å². The summed E-state index contributed by atoms with van der Waals surface area (Å²) in [4.78, 5) is 0. The van der Waals surface area contributed by atoms with Crippen LogP contribution in [0.2, 0.25) is 0 Å². The Balaban J connectivity index is 2.02. The molecule has 0 amide bonds. The van der Waals surface area contributed by atoms with Gasteiger partial charge in [-0.2, -0.15) is 0 Å².